The predicted molar refractivity (Wildman–Crippen MR) is 89.4 cm³/mol. The highest BCUT2D eigenvalue weighted by Gasteiger charge is 2.11. The van der Waals surface area contributed by atoms with Crippen LogP contribution in [0.4, 0.5) is 17.2 Å². The van der Waals surface area contributed by atoms with Gasteiger partial charge in [-0.1, -0.05) is 5.16 Å². The van der Waals surface area contributed by atoms with E-state index in [-0.39, 0.29) is 11.6 Å². The van der Waals surface area contributed by atoms with Crippen LogP contribution in [0.1, 0.15) is 21.9 Å². The molecule has 0 radical (unpaired) electrons. The monoisotopic (exact) mass is 324 g/mol. The molecule has 0 aliphatic rings. The number of anilines is 3. The van der Waals surface area contributed by atoms with Crippen molar-refractivity contribution in [3.63, 3.8) is 0 Å². The summed E-state index contributed by atoms with van der Waals surface area (Å²) in [4.78, 5) is 20.3. The molecule has 4 N–H and O–H groups in total. The molecule has 3 aromatic rings. The summed E-state index contributed by atoms with van der Waals surface area (Å²) in [7, 11) is 0. The first-order valence-corrected chi connectivity index (χ1v) is 7.26. The van der Waals surface area contributed by atoms with Crippen molar-refractivity contribution >= 4 is 23.1 Å². The minimum atomic E-state index is -0.339. The number of nitrogens with zero attached hydrogens (tertiary/aromatic N) is 3. The summed E-state index contributed by atoms with van der Waals surface area (Å²) in [6.07, 6.45) is 3.24. The van der Waals surface area contributed by atoms with E-state index in [1.165, 1.54) is 0 Å². The second kappa shape index (κ2) is 6.78. The summed E-state index contributed by atoms with van der Waals surface area (Å²) in [5, 5.41) is 9.59. The number of aromatic nitrogens is 3. The van der Waals surface area contributed by atoms with Crippen molar-refractivity contribution in [3.8, 4) is 0 Å². The maximum atomic E-state index is 12.1. The summed E-state index contributed by atoms with van der Waals surface area (Å²) in [5.74, 6) is 0.658. The molecule has 0 aromatic carbocycles. The Hall–Kier alpha value is -3.42. The third kappa shape index (κ3) is 3.67. The highest BCUT2D eigenvalue weighted by atomic mass is 16.5. The van der Waals surface area contributed by atoms with Crippen LogP contribution in [0.2, 0.25) is 0 Å². The Morgan fingerprint density at radius 1 is 1.25 bits per heavy atom. The largest absolute Gasteiger partial charge is 0.382 e. The van der Waals surface area contributed by atoms with Crippen LogP contribution < -0.4 is 16.4 Å². The molecule has 24 heavy (non-hydrogen) atoms. The molecule has 0 unspecified atom stereocenters. The quantitative estimate of drug-likeness (QED) is 0.658. The fourth-order valence-electron chi connectivity index (χ4n) is 2.07. The minimum Gasteiger partial charge on any atom is -0.382 e. The second-order valence-electron chi connectivity index (χ2n) is 5.10. The van der Waals surface area contributed by atoms with Gasteiger partial charge in [-0.25, -0.2) is 4.98 Å². The SMILES string of the molecule is Cc1cc(C(=O)Nc2ccnc(CNc3cccnc3N)c2)no1. The van der Waals surface area contributed by atoms with Crippen LogP contribution in [0.3, 0.4) is 0 Å². The molecular formula is C16H16N6O2. The van der Waals surface area contributed by atoms with Gasteiger partial charge in [-0.05, 0) is 31.2 Å². The lowest BCUT2D eigenvalue weighted by Gasteiger charge is -2.09. The number of amides is 1. The number of hydrogen-bond acceptors (Lipinski definition) is 7. The van der Waals surface area contributed by atoms with Gasteiger partial charge in [0, 0.05) is 24.1 Å². The highest BCUT2D eigenvalue weighted by molar-refractivity contribution is 6.02. The normalized spacial score (nSPS) is 10.4. The first-order chi connectivity index (χ1) is 11.6. The van der Waals surface area contributed by atoms with E-state index < -0.39 is 0 Å². The van der Waals surface area contributed by atoms with Crippen molar-refractivity contribution in [2.24, 2.45) is 0 Å². The van der Waals surface area contributed by atoms with Crippen molar-refractivity contribution in [1.82, 2.24) is 15.1 Å². The van der Waals surface area contributed by atoms with E-state index >= 15 is 0 Å². The van der Waals surface area contributed by atoms with E-state index in [0.717, 1.165) is 11.4 Å². The van der Waals surface area contributed by atoms with Crippen molar-refractivity contribution in [2.45, 2.75) is 13.5 Å². The molecule has 3 rings (SSSR count). The first kappa shape index (κ1) is 15.5. The van der Waals surface area contributed by atoms with Gasteiger partial charge in [-0.3, -0.25) is 9.78 Å². The Balaban J connectivity index is 1.66. The van der Waals surface area contributed by atoms with E-state index in [1.807, 2.05) is 6.07 Å². The summed E-state index contributed by atoms with van der Waals surface area (Å²) in [6.45, 7) is 2.17. The van der Waals surface area contributed by atoms with Crippen LogP contribution in [0.5, 0.6) is 0 Å². The molecule has 8 nitrogen and oxygen atoms in total. The average molecular weight is 324 g/mol. The molecule has 122 valence electrons. The first-order valence-electron chi connectivity index (χ1n) is 7.26. The standard InChI is InChI=1S/C16H16N6O2/c1-10-7-14(22-24-10)16(23)21-11-4-6-18-12(8-11)9-20-13-3-2-5-19-15(13)17/h2-8,20H,9H2,1H3,(H2,17,19)(H,18,21,23). The number of rotatable bonds is 5. The molecule has 0 bridgehead atoms. The lowest BCUT2D eigenvalue weighted by Crippen LogP contribution is -2.13. The van der Waals surface area contributed by atoms with Gasteiger partial charge < -0.3 is 20.9 Å². The maximum Gasteiger partial charge on any atom is 0.277 e. The zero-order valence-corrected chi connectivity index (χ0v) is 13.0. The van der Waals surface area contributed by atoms with E-state index in [9.17, 15) is 4.79 Å². The number of nitrogens with one attached hydrogen (secondary N) is 2. The molecule has 0 spiro atoms. The fourth-order valence-corrected chi connectivity index (χ4v) is 2.07. The zero-order chi connectivity index (χ0) is 16.9. The number of carbonyl (C=O) groups excluding carboxylic acids is 1. The predicted octanol–water partition coefficient (Wildman–Crippen LogP) is 2.22. The van der Waals surface area contributed by atoms with Gasteiger partial charge in [0.1, 0.15) is 11.6 Å². The molecule has 0 fully saturated rings. The van der Waals surface area contributed by atoms with Crippen molar-refractivity contribution in [2.75, 3.05) is 16.4 Å². The molecule has 0 aliphatic heterocycles. The van der Waals surface area contributed by atoms with Gasteiger partial charge in [-0.2, -0.15) is 0 Å². The van der Waals surface area contributed by atoms with E-state index in [1.54, 1.807) is 43.6 Å². The van der Waals surface area contributed by atoms with E-state index in [2.05, 4.69) is 25.8 Å². The molecule has 3 aromatic heterocycles. The van der Waals surface area contributed by atoms with Gasteiger partial charge in [0.2, 0.25) is 0 Å². The smallest absolute Gasteiger partial charge is 0.277 e. The van der Waals surface area contributed by atoms with Gasteiger partial charge in [0.15, 0.2) is 5.69 Å². The molecule has 0 saturated carbocycles. The van der Waals surface area contributed by atoms with Crippen LogP contribution in [-0.4, -0.2) is 21.0 Å². The molecular weight excluding hydrogens is 308 g/mol. The van der Waals surface area contributed by atoms with Crippen molar-refractivity contribution in [3.05, 3.63) is 59.9 Å². The topological polar surface area (TPSA) is 119 Å². The Kier molecular flexibility index (Phi) is 4.37. The van der Waals surface area contributed by atoms with Crippen molar-refractivity contribution < 1.29 is 9.32 Å². The minimum absolute atomic E-state index is 0.229. The molecule has 8 heteroatoms. The van der Waals surface area contributed by atoms with Gasteiger partial charge in [0.25, 0.3) is 5.91 Å². The molecule has 0 atom stereocenters. The van der Waals surface area contributed by atoms with E-state index in [0.29, 0.717) is 23.8 Å². The second-order valence-corrected chi connectivity index (χ2v) is 5.10. The van der Waals surface area contributed by atoms with Crippen LogP contribution in [0.15, 0.2) is 47.2 Å². The number of nitrogens with two attached hydrogens (primary N) is 1. The number of carbonyl (C=O) groups is 1. The Morgan fingerprint density at radius 2 is 2.12 bits per heavy atom. The zero-order valence-electron chi connectivity index (χ0n) is 13.0. The van der Waals surface area contributed by atoms with Gasteiger partial charge >= 0.3 is 0 Å². The Bertz CT molecular complexity index is 861. The summed E-state index contributed by atoms with van der Waals surface area (Å²) >= 11 is 0. The number of pyridine rings is 2. The average Bonchev–Trinajstić information content (AvgIpc) is 3.01. The molecule has 0 aliphatic carbocycles. The lowest BCUT2D eigenvalue weighted by atomic mass is 10.3. The van der Waals surface area contributed by atoms with E-state index in [4.69, 9.17) is 10.3 Å². The molecule has 0 saturated heterocycles. The van der Waals surface area contributed by atoms with Crippen LogP contribution >= 0.6 is 0 Å². The Morgan fingerprint density at radius 3 is 2.88 bits per heavy atom. The third-order valence-electron chi connectivity index (χ3n) is 3.23. The molecule has 3 heterocycles. The lowest BCUT2D eigenvalue weighted by molar-refractivity contribution is 0.101. The number of hydrogen-bond donors (Lipinski definition) is 3. The third-order valence-corrected chi connectivity index (χ3v) is 3.23. The summed E-state index contributed by atoms with van der Waals surface area (Å²) in [6, 6.07) is 8.67. The van der Waals surface area contributed by atoms with Gasteiger partial charge in [0.05, 0.1) is 17.9 Å². The molecule has 1 amide bonds. The van der Waals surface area contributed by atoms with Crippen LogP contribution in [-0.2, 0) is 6.54 Å². The summed E-state index contributed by atoms with van der Waals surface area (Å²) < 4.78 is 4.89. The maximum absolute atomic E-state index is 12.1. The number of aryl methyl sites for hydroxylation is 1. The Labute approximate surface area is 138 Å². The fraction of sp³-hybridized carbons (Fsp3) is 0.125. The van der Waals surface area contributed by atoms with Gasteiger partial charge in [-0.15, -0.1) is 0 Å². The van der Waals surface area contributed by atoms with Crippen LogP contribution in [0.25, 0.3) is 0 Å². The highest BCUT2D eigenvalue weighted by Crippen LogP contribution is 2.16. The van der Waals surface area contributed by atoms with Crippen LogP contribution in [0, 0.1) is 6.92 Å². The summed E-state index contributed by atoms with van der Waals surface area (Å²) in [5.41, 5.74) is 8.10. The van der Waals surface area contributed by atoms with Crippen molar-refractivity contribution in [1.29, 1.82) is 0 Å². The number of nitrogen functional groups attached to an aromatic ring is 1.